The summed E-state index contributed by atoms with van der Waals surface area (Å²) < 4.78 is 0. The molecule has 5 rings (SSSR count). The number of aromatic amines is 1. The fourth-order valence-electron chi connectivity index (χ4n) is 1.99. The number of imidazole rings is 1. The standard InChI is InChI=1S/C8H6N2.C7H6N2.C3H3N3/c1-2-4-8-7(3-1)9-5-6-10-8;1-2-4-7-6(3-1)8-5-9-7;1-4-2-6-3-5-1/h1-6H;1-5H,(H,8,9);1-3H. The summed E-state index contributed by atoms with van der Waals surface area (Å²) in [5.74, 6) is 0. The number of fused-ring (bicyclic) bond motifs is 2. The van der Waals surface area contributed by atoms with Gasteiger partial charge in [-0.25, -0.2) is 19.9 Å². The largest absolute Gasteiger partial charge is 0.345 e. The minimum atomic E-state index is 0.949. The summed E-state index contributed by atoms with van der Waals surface area (Å²) >= 11 is 0. The van der Waals surface area contributed by atoms with Crippen LogP contribution in [0.25, 0.3) is 22.1 Å². The van der Waals surface area contributed by atoms with Crippen molar-refractivity contribution < 1.29 is 0 Å². The Morgan fingerprint density at radius 2 is 1.08 bits per heavy atom. The summed E-state index contributed by atoms with van der Waals surface area (Å²) in [6, 6.07) is 15.7. The molecular weight excluding hydrogens is 314 g/mol. The lowest BCUT2D eigenvalue weighted by molar-refractivity contribution is 1.05. The molecule has 3 heterocycles. The molecule has 1 N–H and O–H groups in total. The first-order chi connectivity index (χ1) is 12.4. The van der Waals surface area contributed by atoms with Gasteiger partial charge in [0.2, 0.25) is 0 Å². The van der Waals surface area contributed by atoms with Crippen molar-refractivity contribution in [3.8, 4) is 0 Å². The van der Waals surface area contributed by atoms with Gasteiger partial charge in [-0.3, -0.25) is 9.97 Å². The summed E-state index contributed by atoms with van der Waals surface area (Å²) in [5, 5.41) is 0. The Balaban J connectivity index is 0.000000113. The Morgan fingerprint density at radius 3 is 1.60 bits per heavy atom. The molecule has 7 nitrogen and oxygen atoms in total. The van der Waals surface area contributed by atoms with Crippen LogP contribution in [-0.4, -0.2) is 34.9 Å². The van der Waals surface area contributed by atoms with E-state index < -0.39 is 0 Å². The van der Waals surface area contributed by atoms with Crippen molar-refractivity contribution in [3.63, 3.8) is 0 Å². The van der Waals surface area contributed by atoms with Gasteiger partial charge >= 0.3 is 0 Å². The molecule has 0 aliphatic heterocycles. The number of rotatable bonds is 0. The van der Waals surface area contributed by atoms with Crippen LogP contribution in [0.2, 0.25) is 0 Å². The quantitative estimate of drug-likeness (QED) is 0.469. The van der Waals surface area contributed by atoms with Crippen LogP contribution in [0.4, 0.5) is 0 Å². The highest BCUT2D eigenvalue weighted by molar-refractivity contribution is 5.74. The zero-order valence-corrected chi connectivity index (χ0v) is 13.3. The van der Waals surface area contributed by atoms with Crippen LogP contribution in [0.15, 0.2) is 86.2 Å². The zero-order valence-electron chi connectivity index (χ0n) is 13.3. The van der Waals surface area contributed by atoms with Crippen molar-refractivity contribution in [2.45, 2.75) is 0 Å². The Hall–Kier alpha value is -3.74. The summed E-state index contributed by atoms with van der Waals surface area (Å²) in [5.41, 5.74) is 4.02. The summed E-state index contributed by atoms with van der Waals surface area (Å²) in [4.78, 5) is 26.0. The molecule has 5 aromatic rings. The van der Waals surface area contributed by atoms with Gasteiger partial charge in [0.05, 0.1) is 28.4 Å². The van der Waals surface area contributed by atoms with Crippen LogP contribution >= 0.6 is 0 Å². The molecule has 0 radical (unpaired) electrons. The van der Waals surface area contributed by atoms with Crippen LogP contribution in [0.3, 0.4) is 0 Å². The second-order valence-corrected chi connectivity index (χ2v) is 4.76. The molecule has 122 valence electrons. The number of benzene rings is 2. The molecule has 0 atom stereocenters. The van der Waals surface area contributed by atoms with Crippen LogP contribution in [0, 0.1) is 0 Å². The number of para-hydroxylation sites is 4. The summed E-state index contributed by atoms with van der Waals surface area (Å²) in [7, 11) is 0. The average Bonchev–Trinajstić information content (AvgIpc) is 3.19. The predicted octanol–water partition coefficient (Wildman–Crippen LogP) is 3.06. The van der Waals surface area contributed by atoms with E-state index in [0.29, 0.717) is 0 Å². The molecule has 3 aromatic heterocycles. The lowest BCUT2D eigenvalue weighted by Gasteiger charge is -1.90. The highest BCUT2D eigenvalue weighted by Gasteiger charge is 1.89. The molecule has 0 spiro atoms. The van der Waals surface area contributed by atoms with Gasteiger partial charge in [0, 0.05) is 12.4 Å². The minimum absolute atomic E-state index is 0.949. The third-order valence-corrected chi connectivity index (χ3v) is 3.10. The Kier molecular flexibility index (Phi) is 5.66. The number of H-pyrrole nitrogens is 1. The van der Waals surface area contributed by atoms with Gasteiger partial charge < -0.3 is 4.98 Å². The maximum Gasteiger partial charge on any atom is 0.119 e. The molecule has 0 unspecified atom stereocenters. The molecule has 0 aliphatic carbocycles. The van der Waals surface area contributed by atoms with E-state index in [4.69, 9.17) is 0 Å². The monoisotopic (exact) mass is 329 g/mol. The first kappa shape index (κ1) is 16.1. The van der Waals surface area contributed by atoms with Crippen LogP contribution in [-0.2, 0) is 0 Å². The predicted molar refractivity (Wildman–Crippen MR) is 95.5 cm³/mol. The van der Waals surface area contributed by atoms with Crippen molar-refractivity contribution in [1.29, 1.82) is 0 Å². The fourth-order valence-corrected chi connectivity index (χ4v) is 1.99. The maximum absolute atomic E-state index is 4.12. The van der Waals surface area contributed by atoms with Crippen molar-refractivity contribution in [3.05, 3.63) is 86.2 Å². The number of hydrogen-bond donors (Lipinski definition) is 1. The van der Waals surface area contributed by atoms with E-state index in [1.165, 1.54) is 19.0 Å². The molecule has 0 amide bonds. The molecule has 0 saturated heterocycles. The smallest absolute Gasteiger partial charge is 0.119 e. The normalized spacial score (nSPS) is 9.60. The van der Waals surface area contributed by atoms with E-state index in [0.717, 1.165) is 22.1 Å². The first-order valence-electron chi connectivity index (χ1n) is 7.52. The van der Waals surface area contributed by atoms with Crippen molar-refractivity contribution in [2.24, 2.45) is 0 Å². The molecule has 0 fully saturated rings. The van der Waals surface area contributed by atoms with E-state index in [9.17, 15) is 0 Å². The Bertz CT molecular complexity index is 893. The minimum Gasteiger partial charge on any atom is -0.345 e. The number of nitrogens with one attached hydrogen (secondary N) is 1. The van der Waals surface area contributed by atoms with E-state index >= 15 is 0 Å². The lowest BCUT2D eigenvalue weighted by Crippen LogP contribution is -1.78. The van der Waals surface area contributed by atoms with Gasteiger partial charge in [-0.05, 0) is 24.3 Å². The third kappa shape index (κ3) is 4.87. The van der Waals surface area contributed by atoms with Crippen LogP contribution < -0.4 is 0 Å². The summed E-state index contributed by atoms with van der Waals surface area (Å²) in [6.07, 6.45) is 9.41. The highest BCUT2D eigenvalue weighted by Crippen LogP contribution is 2.05. The Morgan fingerprint density at radius 1 is 0.560 bits per heavy atom. The first-order valence-corrected chi connectivity index (χ1v) is 7.52. The topological polar surface area (TPSA) is 93.1 Å². The van der Waals surface area contributed by atoms with Gasteiger partial charge in [0.15, 0.2) is 0 Å². The number of aromatic nitrogens is 7. The second kappa shape index (κ2) is 8.78. The van der Waals surface area contributed by atoms with Gasteiger partial charge in [-0.15, -0.1) is 0 Å². The van der Waals surface area contributed by atoms with E-state index in [2.05, 4.69) is 34.9 Å². The number of hydrogen-bond acceptors (Lipinski definition) is 6. The van der Waals surface area contributed by atoms with E-state index in [1.807, 2.05) is 48.5 Å². The Labute approximate surface area is 143 Å². The molecule has 0 saturated carbocycles. The average molecular weight is 329 g/mol. The van der Waals surface area contributed by atoms with Crippen LogP contribution in [0.1, 0.15) is 0 Å². The zero-order chi connectivity index (χ0) is 17.2. The van der Waals surface area contributed by atoms with E-state index in [1.54, 1.807) is 18.7 Å². The maximum atomic E-state index is 4.12. The molecular formula is C18H15N7. The van der Waals surface area contributed by atoms with Gasteiger partial charge in [-0.2, -0.15) is 0 Å². The van der Waals surface area contributed by atoms with Gasteiger partial charge in [-0.1, -0.05) is 24.3 Å². The molecule has 25 heavy (non-hydrogen) atoms. The van der Waals surface area contributed by atoms with Crippen molar-refractivity contribution in [2.75, 3.05) is 0 Å². The highest BCUT2D eigenvalue weighted by atomic mass is 14.9. The van der Waals surface area contributed by atoms with Gasteiger partial charge in [0.25, 0.3) is 0 Å². The van der Waals surface area contributed by atoms with E-state index in [-0.39, 0.29) is 0 Å². The summed E-state index contributed by atoms with van der Waals surface area (Å²) in [6.45, 7) is 0. The van der Waals surface area contributed by atoms with Crippen LogP contribution in [0.5, 0.6) is 0 Å². The fraction of sp³-hybridized carbons (Fsp3) is 0. The second-order valence-electron chi connectivity index (χ2n) is 4.76. The SMILES string of the molecule is c1ccc2[nH]cnc2c1.c1ccc2nccnc2c1.c1ncncn1. The lowest BCUT2D eigenvalue weighted by atomic mass is 10.3. The van der Waals surface area contributed by atoms with Crippen molar-refractivity contribution in [1.82, 2.24) is 34.9 Å². The van der Waals surface area contributed by atoms with Crippen molar-refractivity contribution >= 4 is 22.1 Å². The van der Waals surface area contributed by atoms with Gasteiger partial charge in [0.1, 0.15) is 19.0 Å². The molecule has 7 heteroatoms. The molecule has 2 aromatic carbocycles. The molecule has 0 bridgehead atoms. The number of nitrogens with zero attached hydrogens (tertiary/aromatic N) is 6. The third-order valence-electron chi connectivity index (χ3n) is 3.10. The molecule has 0 aliphatic rings.